The number of thiophene rings is 1. The van der Waals surface area contributed by atoms with E-state index in [1.165, 1.54) is 22.2 Å². The number of aryl methyl sites for hydroxylation is 2. The van der Waals surface area contributed by atoms with Gasteiger partial charge in [-0.15, -0.1) is 11.3 Å². The van der Waals surface area contributed by atoms with E-state index in [1.54, 1.807) is 14.0 Å². The summed E-state index contributed by atoms with van der Waals surface area (Å²) in [5, 5.41) is 9.28. The first-order chi connectivity index (χ1) is 7.50. The lowest BCUT2D eigenvalue weighted by atomic mass is 10.2. The highest BCUT2D eigenvalue weighted by atomic mass is 32.1. The van der Waals surface area contributed by atoms with Crippen LogP contribution in [0.2, 0.25) is 0 Å². The van der Waals surface area contributed by atoms with Gasteiger partial charge in [-0.05, 0) is 12.5 Å². The molecular weight excluding hydrogens is 228 g/mol. The normalized spacial score (nSPS) is 10.9. The van der Waals surface area contributed by atoms with Crippen molar-refractivity contribution in [2.24, 2.45) is 7.05 Å². The number of nitrogens with zero attached hydrogens (tertiary/aromatic N) is 2. The fourth-order valence-corrected chi connectivity index (χ4v) is 2.69. The van der Waals surface area contributed by atoms with Crippen LogP contribution in [-0.4, -0.2) is 20.6 Å². The van der Waals surface area contributed by atoms with Crippen molar-refractivity contribution in [3.8, 4) is 0 Å². The van der Waals surface area contributed by atoms with Crippen LogP contribution in [0.5, 0.6) is 0 Å². The van der Waals surface area contributed by atoms with Crippen molar-refractivity contribution in [2.45, 2.75) is 13.3 Å². The lowest BCUT2D eigenvalue weighted by molar-refractivity contribution is -0.136. The summed E-state index contributed by atoms with van der Waals surface area (Å²) in [5.41, 5.74) is 0.603. The van der Waals surface area contributed by atoms with E-state index in [0.717, 1.165) is 5.56 Å². The average molecular weight is 238 g/mol. The van der Waals surface area contributed by atoms with Crippen molar-refractivity contribution in [3.05, 3.63) is 27.1 Å². The maximum absolute atomic E-state index is 11.8. The Morgan fingerprint density at radius 2 is 2.31 bits per heavy atom. The summed E-state index contributed by atoms with van der Waals surface area (Å²) in [5.74, 6) is -0.897. The summed E-state index contributed by atoms with van der Waals surface area (Å²) < 4.78 is 1.40. The second-order valence-corrected chi connectivity index (χ2v) is 4.65. The molecule has 0 spiro atoms. The van der Waals surface area contributed by atoms with Crippen LogP contribution >= 0.6 is 11.3 Å². The molecule has 0 bridgehead atoms. The topological polar surface area (TPSA) is 72.2 Å². The zero-order chi connectivity index (χ0) is 11.9. The first kappa shape index (κ1) is 10.8. The highest BCUT2D eigenvalue weighted by Crippen LogP contribution is 2.26. The van der Waals surface area contributed by atoms with Crippen LogP contribution in [-0.2, 0) is 18.3 Å². The molecule has 0 fully saturated rings. The molecule has 1 N–H and O–H groups in total. The van der Waals surface area contributed by atoms with E-state index in [4.69, 9.17) is 5.11 Å². The second-order valence-electron chi connectivity index (χ2n) is 3.56. The van der Waals surface area contributed by atoms with Gasteiger partial charge in [0.15, 0.2) is 0 Å². The standard InChI is InChI=1S/C10H10N2O3S/c1-5-6(3-7(13)14)16-9-8(5)10(15)12(2)4-11-9/h4H,3H2,1-2H3,(H,13,14). The number of carboxylic acids is 1. The van der Waals surface area contributed by atoms with Crippen LogP contribution in [0.4, 0.5) is 0 Å². The number of rotatable bonds is 2. The molecule has 6 heteroatoms. The molecule has 16 heavy (non-hydrogen) atoms. The molecule has 84 valence electrons. The molecule has 0 atom stereocenters. The second kappa shape index (κ2) is 3.71. The number of fused-ring (bicyclic) bond motifs is 1. The average Bonchev–Trinajstić information content (AvgIpc) is 2.50. The molecule has 0 amide bonds. The highest BCUT2D eigenvalue weighted by Gasteiger charge is 2.15. The minimum Gasteiger partial charge on any atom is -0.481 e. The van der Waals surface area contributed by atoms with Gasteiger partial charge in [-0.2, -0.15) is 0 Å². The van der Waals surface area contributed by atoms with E-state index in [2.05, 4.69) is 4.98 Å². The SMILES string of the molecule is Cc1c(CC(=O)O)sc2ncn(C)c(=O)c12. The number of aromatic nitrogens is 2. The zero-order valence-electron chi connectivity index (χ0n) is 8.85. The van der Waals surface area contributed by atoms with Gasteiger partial charge in [0.05, 0.1) is 18.1 Å². The Bertz CT molecular complexity index is 627. The van der Waals surface area contributed by atoms with Crippen LogP contribution in [0.3, 0.4) is 0 Å². The van der Waals surface area contributed by atoms with Crippen molar-refractivity contribution in [2.75, 3.05) is 0 Å². The Morgan fingerprint density at radius 1 is 1.62 bits per heavy atom. The van der Waals surface area contributed by atoms with Crippen molar-refractivity contribution < 1.29 is 9.90 Å². The van der Waals surface area contributed by atoms with Gasteiger partial charge < -0.3 is 9.67 Å². The molecule has 0 unspecified atom stereocenters. The summed E-state index contributed by atoms with van der Waals surface area (Å²) in [4.78, 5) is 27.9. The third-order valence-corrected chi connectivity index (χ3v) is 3.62. The molecule has 2 heterocycles. The van der Waals surface area contributed by atoms with Gasteiger partial charge in [-0.1, -0.05) is 0 Å². The van der Waals surface area contributed by atoms with E-state index >= 15 is 0 Å². The van der Waals surface area contributed by atoms with Crippen LogP contribution < -0.4 is 5.56 Å². The predicted octanol–water partition coefficient (Wildman–Crippen LogP) is 0.931. The largest absolute Gasteiger partial charge is 0.481 e. The van der Waals surface area contributed by atoms with Gasteiger partial charge in [-0.25, -0.2) is 4.98 Å². The quantitative estimate of drug-likeness (QED) is 0.844. The van der Waals surface area contributed by atoms with Crippen molar-refractivity contribution in [1.82, 2.24) is 9.55 Å². The van der Waals surface area contributed by atoms with Crippen molar-refractivity contribution in [1.29, 1.82) is 0 Å². The Morgan fingerprint density at radius 3 is 2.94 bits per heavy atom. The number of hydrogen-bond donors (Lipinski definition) is 1. The number of hydrogen-bond acceptors (Lipinski definition) is 4. The predicted molar refractivity (Wildman–Crippen MR) is 60.9 cm³/mol. The summed E-state index contributed by atoms with van der Waals surface area (Å²) in [6.07, 6.45) is 1.39. The van der Waals surface area contributed by atoms with E-state index in [-0.39, 0.29) is 12.0 Å². The van der Waals surface area contributed by atoms with Crippen molar-refractivity contribution >= 4 is 27.5 Å². The summed E-state index contributed by atoms with van der Waals surface area (Å²) in [7, 11) is 1.63. The van der Waals surface area contributed by atoms with E-state index in [1.807, 2.05) is 0 Å². The fraction of sp³-hybridized carbons (Fsp3) is 0.300. The summed E-state index contributed by atoms with van der Waals surface area (Å²) in [6.45, 7) is 1.76. The molecule has 2 aromatic rings. The molecule has 0 aromatic carbocycles. The number of carboxylic acid groups (broad SMARTS) is 1. The molecule has 0 radical (unpaired) electrons. The van der Waals surface area contributed by atoms with Crippen LogP contribution in [0.1, 0.15) is 10.4 Å². The van der Waals surface area contributed by atoms with Crippen molar-refractivity contribution in [3.63, 3.8) is 0 Å². The first-order valence-corrected chi connectivity index (χ1v) is 5.47. The third kappa shape index (κ3) is 1.61. The summed E-state index contributed by atoms with van der Waals surface area (Å²) in [6, 6.07) is 0. The van der Waals surface area contributed by atoms with E-state index in [0.29, 0.717) is 15.1 Å². The number of carbonyl (C=O) groups is 1. The van der Waals surface area contributed by atoms with E-state index in [9.17, 15) is 9.59 Å². The fourth-order valence-electron chi connectivity index (χ4n) is 1.56. The molecule has 0 aliphatic heterocycles. The Labute approximate surface area is 95.0 Å². The Hall–Kier alpha value is -1.69. The Kier molecular flexibility index (Phi) is 2.51. The molecule has 0 saturated heterocycles. The lowest BCUT2D eigenvalue weighted by Gasteiger charge is -1.96. The van der Waals surface area contributed by atoms with Crippen LogP contribution in [0.25, 0.3) is 10.2 Å². The zero-order valence-corrected chi connectivity index (χ0v) is 9.67. The first-order valence-electron chi connectivity index (χ1n) is 4.66. The van der Waals surface area contributed by atoms with E-state index < -0.39 is 5.97 Å². The number of aliphatic carboxylic acids is 1. The maximum Gasteiger partial charge on any atom is 0.308 e. The minimum absolute atomic E-state index is 0.0595. The van der Waals surface area contributed by atoms with Gasteiger partial charge >= 0.3 is 5.97 Å². The third-order valence-electron chi connectivity index (χ3n) is 2.42. The lowest BCUT2D eigenvalue weighted by Crippen LogP contribution is -2.16. The highest BCUT2D eigenvalue weighted by molar-refractivity contribution is 7.18. The van der Waals surface area contributed by atoms with Gasteiger partial charge in [0.2, 0.25) is 0 Å². The molecule has 2 aromatic heterocycles. The van der Waals surface area contributed by atoms with Crippen LogP contribution in [0, 0.1) is 6.92 Å². The van der Waals surface area contributed by atoms with Gasteiger partial charge in [0, 0.05) is 11.9 Å². The van der Waals surface area contributed by atoms with Gasteiger partial charge in [0.25, 0.3) is 5.56 Å². The summed E-state index contributed by atoms with van der Waals surface area (Å²) >= 11 is 1.27. The smallest absolute Gasteiger partial charge is 0.308 e. The van der Waals surface area contributed by atoms with Gasteiger partial charge in [0.1, 0.15) is 4.83 Å². The minimum atomic E-state index is -0.897. The molecule has 0 aliphatic carbocycles. The molecule has 2 rings (SSSR count). The Balaban J connectivity index is 2.74. The van der Waals surface area contributed by atoms with Gasteiger partial charge in [-0.3, -0.25) is 9.59 Å². The molecular formula is C10H10N2O3S. The molecule has 0 aliphatic rings. The van der Waals surface area contributed by atoms with Crippen LogP contribution in [0.15, 0.2) is 11.1 Å². The molecule has 0 saturated carbocycles. The maximum atomic E-state index is 11.8. The monoisotopic (exact) mass is 238 g/mol. The molecule has 5 nitrogen and oxygen atoms in total.